The first kappa shape index (κ1) is 14.7. The van der Waals surface area contributed by atoms with E-state index in [-0.39, 0.29) is 11.8 Å². The van der Waals surface area contributed by atoms with Crippen molar-refractivity contribution >= 4 is 29.1 Å². The summed E-state index contributed by atoms with van der Waals surface area (Å²) in [6.07, 6.45) is 3.39. The summed E-state index contributed by atoms with van der Waals surface area (Å²) >= 11 is 6.15. The number of nitrogens with zero attached hydrogens (tertiary/aromatic N) is 2. The molecule has 1 aliphatic heterocycles. The van der Waals surface area contributed by atoms with Gasteiger partial charge in [-0.15, -0.1) is 0 Å². The van der Waals surface area contributed by atoms with E-state index in [2.05, 4.69) is 0 Å². The minimum Gasteiger partial charge on any atom is -0.472 e. The zero-order valence-electron chi connectivity index (χ0n) is 12.0. The molecular weight excluding hydrogens is 304 g/mol. The van der Waals surface area contributed by atoms with Gasteiger partial charge in [-0.1, -0.05) is 23.7 Å². The number of rotatable bonds is 3. The summed E-state index contributed by atoms with van der Waals surface area (Å²) in [5, 5.41) is 0.528. The van der Waals surface area contributed by atoms with Crippen LogP contribution >= 0.6 is 11.6 Å². The number of anilines is 1. The van der Waals surface area contributed by atoms with Gasteiger partial charge < -0.3 is 14.2 Å². The molecule has 6 heteroatoms. The van der Waals surface area contributed by atoms with Crippen molar-refractivity contribution in [3.05, 3.63) is 53.4 Å². The number of carbonyl (C=O) groups is 2. The molecule has 2 heterocycles. The average molecular weight is 319 g/mol. The van der Waals surface area contributed by atoms with Gasteiger partial charge >= 0.3 is 0 Å². The predicted octanol–water partition coefficient (Wildman–Crippen LogP) is 2.81. The third-order valence-corrected chi connectivity index (χ3v) is 4.20. The molecule has 1 unspecified atom stereocenters. The first-order chi connectivity index (χ1) is 10.6. The first-order valence-corrected chi connectivity index (χ1v) is 7.32. The second-order valence-corrected chi connectivity index (χ2v) is 5.58. The van der Waals surface area contributed by atoms with Crippen molar-refractivity contribution in [2.45, 2.75) is 12.5 Å². The molecule has 114 valence electrons. The van der Waals surface area contributed by atoms with Gasteiger partial charge in [-0.25, -0.2) is 0 Å². The minimum absolute atomic E-state index is 0.118. The Hall–Kier alpha value is -2.27. The maximum atomic E-state index is 12.6. The molecule has 5 nitrogen and oxygen atoms in total. The maximum absolute atomic E-state index is 12.6. The summed E-state index contributed by atoms with van der Waals surface area (Å²) < 4.78 is 4.92. The van der Waals surface area contributed by atoms with E-state index in [9.17, 15) is 9.59 Å². The smallest absolute Gasteiger partial charge is 0.257 e. The number of halogens is 1. The van der Waals surface area contributed by atoms with Crippen LogP contribution in [0.2, 0.25) is 5.02 Å². The van der Waals surface area contributed by atoms with Crippen LogP contribution in [0.5, 0.6) is 0 Å². The Morgan fingerprint density at radius 1 is 1.36 bits per heavy atom. The SMILES string of the molecule is CN(C(=O)c1ccoc1)C1CCN(c2ccccc2Cl)C1=O. The molecule has 1 fully saturated rings. The summed E-state index contributed by atoms with van der Waals surface area (Å²) in [6.45, 7) is 0.538. The maximum Gasteiger partial charge on any atom is 0.257 e. The normalized spacial score (nSPS) is 17.8. The van der Waals surface area contributed by atoms with Crippen LogP contribution in [0.25, 0.3) is 0 Å². The van der Waals surface area contributed by atoms with E-state index in [1.54, 1.807) is 30.1 Å². The Morgan fingerprint density at radius 2 is 2.14 bits per heavy atom. The van der Waals surface area contributed by atoms with Crippen LogP contribution in [0.15, 0.2) is 47.3 Å². The van der Waals surface area contributed by atoms with Gasteiger partial charge in [-0.2, -0.15) is 0 Å². The van der Waals surface area contributed by atoms with Gasteiger partial charge in [0.05, 0.1) is 22.5 Å². The highest BCUT2D eigenvalue weighted by molar-refractivity contribution is 6.34. The van der Waals surface area contributed by atoms with Crippen molar-refractivity contribution in [2.75, 3.05) is 18.5 Å². The summed E-state index contributed by atoms with van der Waals surface area (Å²) in [5.74, 6) is -0.347. The zero-order chi connectivity index (χ0) is 15.7. The lowest BCUT2D eigenvalue weighted by molar-refractivity contribution is -0.120. The second-order valence-electron chi connectivity index (χ2n) is 5.17. The summed E-state index contributed by atoms with van der Waals surface area (Å²) in [6, 6.07) is 8.31. The Labute approximate surface area is 133 Å². The predicted molar refractivity (Wildman–Crippen MR) is 83.0 cm³/mol. The van der Waals surface area contributed by atoms with Crippen LogP contribution in [-0.4, -0.2) is 36.3 Å². The molecule has 22 heavy (non-hydrogen) atoms. The number of benzene rings is 1. The van der Waals surface area contributed by atoms with Crippen LogP contribution < -0.4 is 4.90 Å². The first-order valence-electron chi connectivity index (χ1n) is 6.95. The van der Waals surface area contributed by atoms with Gasteiger partial charge in [0.2, 0.25) is 5.91 Å². The average Bonchev–Trinajstić information content (AvgIpc) is 3.16. The van der Waals surface area contributed by atoms with Crippen molar-refractivity contribution < 1.29 is 14.0 Å². The number of para-hydroxylation sites is 1. The largest absolute Gasteiger partial charge is 0.472 e. The van der Waals surface area contributed by atoms with Crippen LogP contribution in [0.4, 0.5) is 5.69 Å². The van der Waals surface area contributed by atoms with Crippen LogP contribution in [0.1, 0.15) is 16.8 Å². The van der Waals surface area contributed by atoms with Crippen molar-refractivity contribution in [2.24, 2.45) is 0 Å². The monoisotopic (exact) mass is 318 g/mol. The molecule has 0 radical (unpaired) electrons. The fourth-order valence-corrected chi connectivity index (χ4v) is 2.90. The van der Waals surface area contributed by atoms with Gasteiger partial charge in [0.15, 0.2) is 0 Å². The van der Waals surface area contributed by atoms with Gasteiger partial charge in [-0.05, 0) is 24.6 Å². The molecule has 1 saturated heterocycles. The molecule has 0 bridgehead atoms. The lowest BCUT2D eigenvalue weighted by atomic mass is 10.2. The highest BCUT2D eigenvalue weighted by Gasteiger charge is 2.38. The highest BCUT2D eigenvalue weighted by Crippen LogP contribution is 2.30. The Bertz CT molecular complexity index is 699. The minimum atomic E-state index is -0.487. The lowest BCUT2D eigenvalue weighted by Gasteiger charge is -2.24. The molecule has 2 aromatic rings. The summed E-state index contributed by atoms with van der Waals surface area (Å²) in [7, 11) is 1.63. The van der Waals surface area contributed by atoms with Crippen LogP contribution in [0.3, 0.4) is 0 Å². The molecular formula is C16H15ClN2O3. The van der Waals surface area contributed by atoms with Crippen molar-refractivity contribution in [3.8, 4) is 0 Å². The molecule has 1 aromatic carbocycles. The number of hydrogen-bond acceptors (Lipinski definition) is 3. The van der Waals surface area contributed by atoms with Crippen molar-refractivity contribution in [3.63, 3.8) is 0 Å². The Balaban J connectivity index is 1.79. The molecule has 1 aromatic heterocycles. The van der Waals surface area contributed by atoms with E-state index in [0.29, 0.717) is 29.2 Å². The van der Waals surface area contributed by atoms with E-state index in [1.807, 2.05) is 12.1 Å². The van der Waals surface area contributed by atoms with Crippen LogP contribution in [-0.2, 0) is 4.79 Å². The molecule has 2 amide bonds. The van der Waals surface area contributed by atoms with Gasteiger partial charge in [-0.3, -0.25) is 9.59 Å². The topological polar surface area (TPSA) is 53.8 Å². The molecule has 0 spiro atoms. The summed E-state index contributed by atoms with van der Waals surface area (Å²) in [4.78, 5) is 28.0. The van der Waals surface area contributed by atoms with E-state index < -0.39 is 6.04 Å². The molecule has 3 rings (SSSR count). The van der Waals surface area contributed by atoms with Gasteiger partial charge in [0.25, 0.3) is 5.91 Å². The second kappa shape index (κ2) is 5.85. The third-order valence-electron chi connectivity index (χ3n) is 3.88. The van der Waals surface area contributed by atoms with Gasteiger partial charge in [0, 0.05) is 13.6 Å². The number of likely N-dealkylation sites (N-methyl/N-ethyl adjacent to an activating group) is 1. The van der Waals surface area contributed by atoms with E-state index in [0.717, 1.165) is 0 Å². The zero-order valence-corrected chi connectivity index (χ0v) is 12.8. The van der Waals surface area contributed by atoms with Crippen molar-refractivity contribution in [1.29, 1.82) is 0 Å². The number of carbonyl (C=O) groups excluding carboxylic acids is 2. The standard InChI is InChI=1S/C16H15ClN2O3/c1-18(15(20)11-7-9-22-10-11)14-6-8-19(16(14)21)13-5-3-2-4-12(13)17/h2-5,7,9-10,14H,6,8H2,1H3. The fraction of sp³-hybridized carbons (Fsp3) is 0.250. The Kier molecular flexibility index (Phi) is 3.90. The molecule has 0 aliphatic carbocycles. The molecule has 0 N–H and O–H groups in total. The van der Waals surface area contributed by atoms with E-state index in [1.165, 1.54) is 17.4 Å². The van der Waals surface area contributed by atoms with Crippen molar-refractivity contribution in [1.82, 2.24) is 4.90 Å². The van der Waals surface area contributed by atoms with Gasteiger partial charge in [0.1, 0.15) is 12.3 Å². The van der Waals surface area contributed by atoms with E-state index in [4.69, 9.17) is 16.0 Å². The Morgan fingerprint density at radius 3 is 2.82 bits per heavy atom. The molecule has 1 atom stereocenters. The third kappa shape index (κ3) is 2.48. The quantitative estimate of drug-likeness (QED) is 0.874. The molecule has 0 saturated carbocycles. The van der Waals surface area contributed by atoms with E-state index >= 15 is 0 Å². The lowest BCUT2D eigenvalue weighted by Crippen LogP contribution is -2.42. The fourth-order valence-electron chi connectivity index (χ4n) is 2.67. The number of furan rings is 1. The molecule has 1 aliphatic rings. The highest BCUT2D eigenvalue weighted by atomic mass is 35.5. The number of hydrogen-bond donors (Lipinski definition) is 0. The number of amides is 2. The van der Waals surface area contributed by atoms with Crippen LogP contribution in [0, 0.1) is 0 Å². The summed E-state index contributed by atoms with van der Waals surface area (Å²) in [5.41, 5.74) is 1.12.